The van der Waals surface area contributed by atoms with Crippen molar-refractivity contribution in [3.05, 3.63) is 117 Å². The number of carbonyl (C=O) groups excluding carboxylic acids is 3. The number of hydrogen-bond acceptors (Lipinski definition) is 7. The van der Waals surface area contributed by atoms with Crippen molar-refractivity contribution in [2.45, 2.75) is 29.7 Å². The van der Waals surface area contributed by atoms with Gasteiger partial charge in [-0.1, -0.05) is 89.3 Å². The molecule has 10 heteroatoms. The molecule has 1 aromatic heterocycles. The van der Waals surface area contributed by atoms with Gasteiger partial charge in [-0.2, -0.15) is 0 Å². The summed E-state index contributed by atoms with van der Waals surface area (Å²) in [5, 5.41) is 4.69. The van der Waals surface area contributed by atoms with Crippen LogP contribution in [-0.2, 0) is 20.9 Å². The minimum absolute atomic E-state index is 0.214. The Balaban J connectivity index is 1.28. The van der Waals surface area contributed by atoms with Gasteiger partial charge < -0.3 is 10.2 Å². The van der Waals surface area contributed by atoms with E-state index in [1.54, 1.807) is 12.1 Å². The van der Waals surface area contributed by atoms with Crippen molar-refractivity contribution in [2.24, 2.45) is 5.92 Å². The van der Waals surface area contributed by atoms with Crippen LogP contribution >= 0.6 is 23.1 Å². The third kappa shape index (κ3) is 5.04. The largest absolute Gasteiger partial charge is 0.378 e. The average molecular weight is 635 g/mol. The van der Waals surface area contributed by atoms with Crippen LogP contribution in [0, 0.1) is 12.8 Å². The van der Waals surface area contributed by atoms with E-state index in [1.807, 2.05) is 105 Å². The number of thiazole rings is 1. The van der Waals surface area contributed by atoms with Crippen LogP contribution < -0.4 is 20.0 Å². The zero-order chi connectivity index (χ0) is 31.4. The number of thioether (sulfide) groups is 1. The number of anilines is 3. The summed E-state index contributed by atoms with van der Waals surface area (Å²) in [5.41, 5.74) is 4.05. The number of imide groups is 1. The summed E-state index contributed by atoms with van der Waals surface area (Å²) in [6, 6.07) is 28.7. The van der Waals surface area contributed by atoms with Gasteiger partial charge in [0, 0.05) is 41.7 Å². The Morgan fingerprint density at radius 1 is 0.867 bits per heavy atom. The Morgan fingerprint density at radius 3 is 2.31 bits per heavy atom. The lowest BCUT2D eigenvalue weighted by Gasteiger charge is -2.31. The molecule has 8 nitrogen and oxygen atoms in total. The predicted molar refractivity (Wildman–Crippen MR) is 181 cm³/mol. The van der Waals surface area contributed by atoms with Crippen LogP contribution in [0.5, 0.6) is 0 Å². The first kappa shape index (κ1) is 29.1. The van der Waals surface area contributed by atoms with Crippen molar-refractivity contribution in [1.82, 2.24) is 4.57 Å². The lowest BCUT2D eigenvalue weighted by Crippen LogP contribution is -2.33. The number of carbonyl (C=O) groups is 3. The monoisotopic (exact) mass is 634 g/mol. The van der Waals surface area contributed by atoms with Gasteiger partial charge in [0.05, 0.1) is 16.6 Å². The molecule has 226 valence electrons. The summed E-state index contributed by atoms with van der Waals surface area (Å²) in [7, 11) is 3.91. The molecule has 3 heterocycles. The quantitative estimate of drug-likeness (QED) is 0.235. The number of rotatable bonds is 6. The summed E-state index contributed by atoms with van der Waals surface area (Å²) in [4.78, 5) is 58.7. The number of amides is 3. The van der Waals surface area contributed by atoms with Crippen LogP contribution in [0.2, 0.25) is 0 Å². The molecule has 3 atom stereocenters. The molecule has 2 aliphatic rings. The molecule has 0 spiro atoms. The third-order valence-corrected chi connectivity index (χ3v) is 11.1. The van der Waals surface area contributed by atoms with Gasteiger partial charge in [0.1, 0.15) is 11.8 Å². The molecular weight excluding hydrogens is 605 g/mol. The van der Waals surface area contributed by atoms with E-state index in [9.17, 15) is 19.2 Å². The SMILES string of the molecule is Cc1ccc(N2C(=O)C3Sc4c(sc(=O)n4CC(=O)Nc4cccc5ccccc45)[C@H](c4ccc(N(C)C)cc4)C3C2=O)cc1. The van der Waals surface area contributed by atoms with Gasteiger partial charge in [0.15, 0.2) is 0 Å². The summed E-state index contributed by atoms with van der Waals surface area (Å²) >= 11 is 2.27. The van der Waals surface area contributed by atoms with E-state index < -0.39 is 17.1 Å². The van der Waals surface area contributed by atoms with Gasteiger partial charge in [-0.25, -0.2) is 4.90 Å². The fourth-order valence-corrected chi connectivity index (χ4v) is 8.98. The van der Waals surface area contributed by atoms with E-state index in [2.05, 4.69) is 5.32 Å². The molecule has 7 rings (SSSR count). The molecule has 1 N–H and O–H groups in total. The highest BCUT2D eigenvalue weighted by Gasteiger charge is 2.56. The fourth-order valence-electron chi connectivity index (χ4n) is 6.21. The number of benzene rings is 4. The Labute approximate surface area is 268 Å². The van der Waals surface area contributed by atoms with Gasteiger partial charge in [-0.3, -0.25) is 23.7 Å². The molecule has 0 bridgehead atoms. The molecule has 3 amide bonds. The minimum atomic E-state index is -0.744. The molecule has 45 heavy (non-hydrogen) atoms. The Kier molecular flexibility index (Phi) is 7.33. The maximum Gasteiger partial charge on any atom is 0.308 e. The first-order valence-electron chi connectivity index (χ1n) is 14.6. The van der Waals surface area contributed by atoms with Crippen LogP contribution in [0.25, 0.3) is 10.8 Å². The second-order valence-electron chi connectivity index (χ2n) is 11.6. The van der Waals surface area contributed by atoms with Crippen molar-refractivity contribution in [3.63, 3.8) is 0 Å². The van der Waals surface area contributed by atoms with Crippen LogP contribution in [0.3, 0.4) is 0 Å². The van der Waals surface area contributed by atoms with Gasteiger partial charge in [-0.05, 0) is 48.2 Å². The van der Waals surface area contributed by atoms with E-state index in [-0.39, 0.29) is 29.1 Å². The van der Waals surface area contributed by atoms with E-state index in [1.165, 1.54) is 21.2 Å². The molecule has 0 saturated carbocycles. The Bertz CT molecular complexity index is 2030. The molecule has 5 aromatic rings. The van der Waals surface area contributed by atoms with Crippen molar-refractivity contribution in [2.75, 3.05) is 29.2 Å². The number of nitrogens with one attached hydrogen (secondary N) is 1. The molecule has 1 saturated heterocycles. The van der Waals surface area contributed by atoms with Gasteiger partial charge in [0.25, 0.3) is 0 Å². The van der Waals surface area contributed by atoms with Crippen molar-refractivity contribution < 1.29 is 14.4 Å². The zero-order valence-electron chi connectivity index (χ0n) is 24.9. The molecule has 0 aliphatic carbocycles. The summed E-state index contributed by atoms with van der Waals surface area (Å²) in [6.45, 7) is 1.74. The smallest absolute Gasteiger partial charge is 0.308 e. The normalized spacial score (nSPS) is 19.0. The maximum absolute atomic E-state index is 14.1. The number of hydrogen-bond donors (Lipinski definition) is 1. The molecule has 0 radical (unpaired) electrons. The van der Waals surface area contributed by atoms with Crippen LogP contribution in [-0.4, -0.2) is 41.6 Å². The van der Waals surface area contributed by atoms with E-state index in [4.69, 9.17) is 0 Å². The topological polar surface area (TPSA) is 91.7 Å². The standard InChI is InChI=1S/C35H30N4O4S2/c1-20-11-15-24(16-12-20)39-32(41)29-28(22-13-17-23(18-14-22)37(2)3)31-34(44-30(29)33(39)42)38(35(43)45-31)19-27(40)36-26-10-6-8-21-7-4-5-9-25(21)26/h4-18,28-30H,19H2,1-3H3,(H,36,40)/t28-,29?,30?/m1/s1. The first-order valence-corrected chi connectivity index (χ1v) is 16.3. The van der Waals surface area contributed by atoms with Crippen molar-refractivity contribution in [3.8, 4) is 0 Å². The Morgan fingerprint density at radius 2 is 1.58 bits per heavy atom. The van der Waals surface area contributed by atoms with Crippen LogP contribution in [0.15, 0.2) is 101 Å². The van der Waals surface area contributed by atoms with Crippen molar-refractivity contribution in [1.29, 1.82) is 0 Å². The molecular formula is C35H30N4O4S2. The number of aryl methyl sites for hydroxylation is 1. The molecule has 1 fully saturated rings. The lowest BCUT2D eigenvalue weighted by molar-refractivity contribution is -0.122. The third-order valence-electron chi connectivity index (χ3n) is 8.48. The summed E-state index contributed by atoms with van der Waals surface area (Å²) in [6.07, 6.45) is 0. The molecule has 2 aliphatic heterocycles. The zero-order valence-corrected chi connectivity index (χ0v) is 26.5. The number of aromatic nitrogens is 1. The minimum Gasteiger partial charge on any atom is -0.378 e. The predicted octanol–water partition coefficient (Wildman–Crippen LogP) is 5.87. The van der Waals surface area contributed by atoms with E-state index >= 15 is 0 Å². The van der Waals surface area contributed by atoms with E-state index in [0.29, 0.717) is 21.3 Å². The summed E-state index contributed by atoms with van der Waals surface area (Å²) < 4.78 is 1.45. The van der Waals surface area contributed by atoms with Crippen molar-refractivity contribution >= 4 is 68.7 Å². The first-order chi connectivity index (χ1) is 21.7. The highest BCUT2D eigenvalue weighted by atomic mass is 32.2. The second kappa shape index (κ2) is 11.4. The maximum atomic E-state index is 14.1. The Hall–Kier alpha value is -4.67. The van der Waals surface area contributed by atoms with Gasteiger partial charge in [-0.15, -0.1) is 0 Å². The second-order valence-corrected chi connectivity index (χ2v) is 13.7. The van der Waals surface area contributed by atoms with Crippen LogP contribution in [0.4, 0.5) is 17.1 Å². The van der Waals surface area contributed by atoms with Gasteiger partial charge in [0.2, 0.25) is 17.7 Å². The highest BCUT2D eigenvalue weighted by molar-refractivity contribution is 8.00. The van der Waals surface area contributed by atoms with Gasteiger partial charge >= 0.3 is 4.87 Å². The number of fused-ring (bicyclic) bond motifs is 3. The average Bonchev–Trinajstić information content (AvgIpc) is 3.48. The number of nitrogens with zero attached hydrogens (tertiary/aromatic N) is 3. The summed E-state index contributed by atoms with van der Waals surface area (Å²) in [5.74, 6) is -2.16. The van der Waals surface area contributed by atoms with E-state index in [0.717, 1.165) is 38.9 Å². The van der Waals surface area contributed by atoms with Crippen LogP contribution in [0.1, 0.15) is 21.9 Å². The fraction of sp³-hybridized carbons (Fsp3) is 0.200. The highest BCUT2D eigenvalue weighted by Crippen LogP contribution is 2.54. The molecule has 4 aromatic carbocycles. The lowest BCUT2D eigenvalue weighted by atomic mass is 9.83. The molecule has 2 unspecified atom stereocenters.